The third kappa shape index (κ3) is 4.82. The molecule has 0 aliphatic heterocycles. The molecule has 0 unspecified atom stereocenters. The lowest BCUT2D eigenvalue weighted by Crippen LogP contribution is -2.14. The van der Waals surface area contributed by atoms with Crippen LogP contribution < -0.4 is 4.74 Å². The van der Waals surface area contributed by atoms with Gasteiger partial charge in [-0.3, -0.25) is 0 Å². The zero-order chi connectivity index (χ0) is 20.8. The highest BCUT2D eigenvalue weighted by Gasteiger charge is 2.19. The van der Waals surface area contributed by atoms with Crippen molar-refractivity contribution in [1.29, 1.82) is 0 Å². The number of rotatable bonds is 7. The monoisotopic (exact) mass is 394 g/mol. The number of hydrogen-bond donors (Lipinski definition) is 0. The van der Waals surface area contributed by atoms with Crippen LogP contribution in [0.4, 0.5) is 18.9 Å². The van der Waals surface area contributed by atoms with Crippen LogP contribution in [0.1, 0.15) is 28.4 Å². The van der Waals surface area contributed by atoms with E-state index in [0.29, 0.717) is 29.1 Å². The molecule has 0 fully saturated rings. The molecule has 8 heteroatoms. The Kier molecular flexibility index (Phi) is 7.03. The molecule has 0 N–H and O–H groups in total. The average molecular weight is 394 g/mol. The maximum absolute atomic E-state index is 13.7. The average Bonchev–Trinajstić information content (AvgIpc) is 2.64. The van der Waals surface area contributed by atoms with E-state index >= 15 is 0 Å². The number of ether oxygens (including phenoxy) is 2. The van der Waals surface area contributed by atoms with Crippen molar-refractivity contribution in [3.05, 3.63) is 58.4 Å². The highest BCUT2D eigenvalue weighted by Crippen LogP contribution is 2.33. The molecule has 2 aromatic carbocycles. The van der Waals surface area contributed by atoms with E-state index in [2.05, 4.69) is 4.99 Å². The van der Waals surface area contributed by atoms with Crippen LogP contribution >= 0.6 is 0 Å². The molecule has 0 atom stereocenters. The maximum atomic E-state index is 13.7. The number of nitrogens with zero attached hydrogens (tertiary/aromatic N) is 2. The molecule has 0 amide bonds. The van der Waals surface area contributed by atoms with E-state index in [4.69, 9.17) is 9.47 Å². The summed E-state index contributed by atoms with van der Waals surface area (Å²) in [5.74, 6) is -3.70. The molecular formula is C20H21F3N2O3. The Labute approximate surface area is 161 Å². The summed E-state index contributed by atoms with van der Waals surface area (Å²) in [4.78, 5) is 18.6. The molecule has 0 heterocycles. The molecule has 0 spiro atoms. The second kappa shape index (κ2) is 9.25. The van der Waals surface area contributed by atoms with Crippen LogP contribution in [0.15, 0.2) is 29.3 Å². The first-order valence-corrected chi connectivity index (χ1v) is 8.51. The molecule has 0 radical (unpaired) electrons. The first kappa shape index (κ1) is 21.3. The van der Waals surface area contributed by atoms with E-state index in [-0.39, 0.29) is 5.56 Å². The smallest absolute Gasteiger partial charge is 0.338 e. The van der Waals surface area contributed by atoms with Crippen molar-refractivity contribution in [3.8, 4) is 5.75 Å². The van der Waals surface area contributed by atoms with Crippen molar-refractivity contribution >= 4 is 18.0 Å². The molecular weight excluding hydrogens is 373 g/mol. The first-order chi connectivity index (χ1) is 13.3. The van der Waals surface area contributed by atoms with Gasteiger partial charge in [-0.2, -0.15) is 0 Å². The fourth-order valence-corrected chi connectivity index (χ4v) is 2.43. The third-order valence-corrected chi connectivity index (χ3v) is 4.16. The summed E-state index contributed by atoms with van der Waals surface area (Å²) >= 11 is 0. The Balaban J connectivity index is 2.23. The number of aliphatic imine (C=N–C) groups is 1. The summed E-state index contributed by atoms with van der Waals surface area (Å²) in [6.45, 7) is 3.73. The fourth-order valence-electron chi connectivity index (χ4n) is 2.43. The highest BCUT2D eigenvalue weighted by molar-refractivity contribution is 5.93. The number of carbonyl (C=O) groups is 1. The largest absolute Gasteiger partial charge is 0.494 e. The lowest BCUT2D eigenvalue weighted by Gasteiger charge is -2.14. The number of carbonyl (C=O) groups excluding carboxylic acids is 1. The van der Waals surface area contributed by atoms with Gasteiger partial charge >= 0.3 is 5.97 Å². The number of methoxy groups -OCH3 is 1. The van der Waals surface area contributed by atoms with E-state index in [1.807, 2.05) is 18.9 Å². The highest BCUT2D eigenvalue weighted by atomic mass is 19.1. The van der Waals surface area contributed by atoms with Crippen LogP contribution in [0.2, 0.25) is 0 Å². The van der Waals surface area contributed by atoms with Crippen molar-refractivity contribution in [2.24, 2.45) is 4.99 Å². The molecule has 0 saturated carbocycles. The number of benzene rings is 2. The standard InChI is InChI=1S/C20H21F3N2O3/c1-5-25(3)11-24-18-7-6-14(12(2)19(18)27-4)20(26)28-10-15-16(22)8-13(21)9-17(15)23/h6-9,11H,5,10H2,1-4H3. The van der Waals surface area contributed by atoms with Crippen LogP contribution in [0.25, 0.3) is 0 Å². The van der Waals surface area contributed by atoms with E-state index in [1.54, 1.807) is 19.3 Å². The van der Waals surface area contributed by atoms with Crippen LogP contribution in [0, 0.1) is 24.4 Å². The van der Waals surface area contributed by atoms with Crippen LogP contribution in [0.5, 0.6) is 5.75 Å². The van der Waals surface area contributed by atoms with Gasteiger partial charge in [-0.15, -0.1) is 0 Å². The van der Waals surface area contributed by atoms with Crippen molar-refractivity contribution < 1.29 is 27.4 Å². The van der Waals surface area contributed by atoms with Gasteiger partial charge < -0.3 is 14.4 Å². The van der Waals surface area contributed by atoms with Crippen LogP contribution in [-0.2, 0) is 11.3 Å². The van der Waals surface area contributed by atoms with Crippen molar-refractivity contribution in [2.75, 3.05) is 20.7 Å². The molecule has 2 rings (SSSR count). The van der Waals surface area contributed by atoms with Gasteiger partial charge in [0.05, 0.1) is 24.6 Å². The summed E-state index contributed by atoms with van der Waals surface area (Å²) in [6, 6.07) is 4.14. The number of hydrogen-bond acceptors (Lipinski definition) is 4. The normalized spacial score (nSPS) is 11.0. The Bertz CT molecular complexity index is 878. The molecule has 2 aromatic rings. The van der Waals surface area contributed by atoms with E-state index in [0.717, 1.165) is 6.54 Å². The molecule has 0 aliphatic rings. The fraction of sp³-hybridized carbons (Fsp3) is 0.300. The minimum Gasteiger partial charge on any atom is -0.494 e. The summed E-state index contributed by atoms with van der Waals surface area (Å²) < 4.78 is 50.7. The van der Waals surface area contributed by atoms with Gasteiger partial charge in [0, 0.05) is 31.3 Å². The molecule has 150 valence electrons. The summed E-state index contributed by atoms with van der Waals surface area (Å²) in [6.07, 6.45) is 1.63. The van der Waals surface area contributed by atoms with Gasteiger partial charge in [0.2, 0.25) is 0 Å². The van der Waals surface area contributed by atoms with E-state index in [1.165, 1.54) is 13.2 Å². The second-order valence-electron chi connectivity index (χ2n) is 6.03. The number of halogens is 3. The summed E-state index contributed by atoms with van der Waals surface area (Å²) in [5.41, 5.74) is 0.639. The lowest BCUT2D eigenvalue weighted by molar-refractivity contribution is 0.0463. The molecule has 0 aliphatic carbocycles. The van der Waals surface area contributed by atoms with Crippen LogP contribution in [0.3, 0.4) is 0 Å². The minimum atomic E-state index is -1.12. The van der Waals surface area contributed by atoms with Crippen LogP contribution in [-0.4, -0.2) is 37.9 Å². The lowest BCUT2D eigenvalue weighted by atomic mass is 10.1. The second-order valence-corrected chi connectivity index (χ2v) is 6.03. The molecule has 0 bridgehead atoms. The van der Waals surface area contributed by atoms with Gasteiger partial charge in [0.15, 0.2) is 0 Å². The summed E-state index contributed by atoms with van der Waals surface area (Å²) in [5, 5.41) is 0. The SMILES string of the molecule is CCN(C)C=Nc1ccc(C(=O)OCc2c(F)cc(F)cc2F)c(C)c1OC. The van der Waals surface area contributed by atoms with Crippen molar-refractivity contribution in [1.82, 2.24) is 4.90 Å². The maximum Gasteiger partial charge on any atom is 0.338 e. The number of esters is 1. The zero-order valence-electron chi connectivity index (χ0n) is 16.1. The van der Waals surface area contributed by atoms with Gasteiger partial charge in [0.25, 0.3) is 0 Å². The van der Waals surface area contributed by atoms with Gasteiger partial charge in [-0.05, 0) is 26.0 Å². The Hall–Kier alpha value is -3.03. The Morgan fingerprint density at radius 3 is 2.43 bits per heavy atom. The molecule has 0 saturated heterocycles. The molecule has 5 nitrogen and oxygen atoms in total. The minimum absolute atomic E-state index is 0.169. The predicted molar refractivity (Wildman–Crippen MR) is 99.6 cm³/mol. The van der Waals surface area contributed by atoms with E-state index < -0.39 is 35.6 Å². The molecule has 28 heavy (non-hydrogen) atoms. The topological polar surface area (TPSA) is 51.1 Å². The van der Waals surface area contributed by atoms with E-state index in [9.17, 15) is 18.0 Å². The molecule has 0 aromatic heterocycles. The predicted octanol–water partition coefficient (Wildman–Crippen LogP) is 4.39. The van der Waals surface area contributed by atoms with Crippen molar-refractivity contribution in [3.63, 3.8) is 0 Å². The van der Waals surface area contributed by atoms with Gasteiger partial charge in [-0.1, -0.05) is 0 Å². The van der Waals surface area contributed by atoms with Gasteiger partial charge in [-0.25, -0.2) is 23.0 Å². The Morgan fingerprint density at radius 2 is 1.86 bits per heavy atom. The summed E-state index contributed by atoms with van der Waals surface area (Å²) in [7, 11) is 3.31. The van der Waals surface area contributed by atoms with Gasteiger partial charge in [0.1, 0.15) is 35.5 Å². The zero-order valence-corrected chi connectivity index (χ0v) is 16.1. The first-order valence-electron chi connectivity index (χ1n) is 8.51. The Morgan fingerprint density at radius 1 is 1.21 bits per heavy atom. The third-order valence-electron chi connectivity index (χ3n) is 4.16. The quantitative estimate of drug-likeness (QED) is 0.397. The van der Waals surface area contributed by atoms with Crippen molar-refractivity contribution in [2.45, 2.75) is 20.5 Å².